The zero-order valence-electron chi connectivity index (χ0n) is 10.6. The Kier molecular flexibility index (Phi) is 4.03. The largest absolute Gasteiger partial charge is 0.508 e. The van der Waals surface area contributed by atoms with Crippen molar-refractivity contribution in [3.8, 4) is 5.75 Å². The number of aromatic hydroxyl groups is 1. The quantitative estimate of drug-likeness (QED) is 0.900. The van der Waals surface area contributed by atoms with E-state index in [0.717, 1.165) is 5.56 Å². The van der Waals surface area contributed by atoms with E-state index in [4.69, 9.17) is 0 Å². The van der Waals surface area contributed by atoms with Gasteiger partial charge >= 0.3 is 0 Å². The molecule has 0 bridgehead atoms. The van der Waals surface area contributed by atoms with Crippen molar-refractivity contribution in [1.29, 1.82) is 0 Å². The predicted octanol–water partition coefficient (Wildman–Crippen LogP) is 2.27. The molecule has 0 saturated heterocycles. The molecule has 96 valence electrons. The average Bonchev–Trinajstić information content (AvgIpc) is 2.23. The van der Waals surface area contributed by atoms with Crippen LogP contribution in [-0.2, 0) is 10.0 Å². The molecule has 0 unspecified atom stereocenters. The lowest BCUT2D eigenvalue weighted by Gasteiger charge is -2.26. The molecule has 0 aliphatic carbocycles. The minimum Gasteiger partial charge on any atom is -0.508 e. The number of hydrogen-bond donors (Lipinski definition) is 1. The van der Waals surface area contributed by atoms with Gasteiger partial charge in [0.15, 0.2) is 0 Å². The molecule has 0 aromatic heterocycles. The summed E-state index contributed by atoms with van der Waals surface area (Å²) in [7, 11) is -3.36. The van der Waals surface area contributed by atoms with Crippen molar-refractivity contribution in [2.75, 3.05) is 10.8 Å². The molecule has 1 rings (SSSR count). The number of benzene rings is 1. The molecule has 1 N–H and O–H groups in total. The fourth-order valence-corrected chi connectivity index (χ4v) is 2.95. The summed E-state index contributed by atoms with van der Waals surface area (Å²) in [5.41, 5.74) is 1.37. The van der Waals surface area contributed by atoms with Crippen LogP contribution in [0.2, 0.25) is 0 Å². The molecule has 1 aromatic carbocycles. The first-order chi connectivity index (χ1) is 7.80. The fraction of sp³-hybridized carbons (Fsp3) is 0.500. The predicted molar refractivity (Wildman–Crippen MR) is 69.9 cm³/mol. The Morgan fingerprint density at radius 1 is 1.35 bits per heavy atom. The van der Waals surface area contributed by atoms with Gasteiger partial charge in [-0.1, -0.05) is 6.07 Å². The third-order valence-electron chi connectivity index (χ3n) is 2.65. The summed E-state index contributed by atoms with van der Waals surface area (Å²) in [6.07, 6.45) is 0. The summed E-state index contributed by atoms with van der Waals surface area (Å²) in [6, 6.07) is 4.75. The third kappa shape index (κ3) is 2.72. The second-order valence-corrected chi connectivity index (χ2v) is 6.64. The molecule has 1 aromatic rings. The van der Waals surface area contributed by atoms with Crippen LogP contribution in [0.3, 0.4) is 0 Å². The SMILES string of the molecule is CCN(c1cc(O)ccc1C)S(=O)(=O)C(C)C. The van der Waals surface area contributed by atoms with Crippen LogP contribution in [0.25, 0.3) is 0 Å². The van der Waals surface area contributed by atoms with Gasteiger partial charge in [-0.3, -0.25) is 4.31 Å². The molecule has 0 spiro atoms. The monoisotopic (exact) mass is 257 g/mol. The molecular weight excluding hydrogens is 238 g/mol. The smallest absolute Gasteiger partial charge is 0.237 e. The van der Waals surface area contributed by atoms with Crippen molar-refractivity contribution >= 4 is 15.7 Å². The van der Waals surface area contributed by atoms with Crippen LogP contribution in [0, 0.1) is 6.92 Å². The molecular formula is C12H19NO3S. The molecule has 0 heterocycles. The normalized spacial score (nSPS) is 11.8. The van der Waals surface area contributed by atoms with Gasteiger partial charge < -0.3 is 5.11 Å². The number of sulfonamides is 1. The van der Waals surface area contributed by atoms with E-state index in [9.17, 15) is 13.5 Å². The lowest BCUT2D eigenvalue weighted by atomic mass is 10.2. The van der Waals surface area contributed by atoms with E-state index in [2.05, 4.69) is 0 Å². The van der Waals surface area contributed by atoms with Crippen LogP contribution in [0.15, 0.2) is 18.2 Å². The zero-order chi connectivity index (χ0) is 13.2. The van der Waals surface area contributed by atoms with Gasteiger partial charge in [0.25, 0.3) is 0 Å². The number of phenolic OH excluding ortho intramolecular Hbond substituents is 1. The van der Waals surface area contributed by atoms with Crippen LogP contribution >= 0.6 is 0 Å². The van der Waals surface area contributed by atoms with E-state index in [-0.39, 0.29) is 5.75 Å². The maximum Gasteiger partial charge on any atom is 0.237 e. The highest BCUT2D eigenvalue weighted by atomic mass is 32.2. The second-order valence-electron chi connectivity index (χ2n) is 4.23. The Morgan fingerprint density at radius 2 is 1.94 bits per heavy atom. The van der Waals surface area contributed by atoms with Crippen LogP contribution < -0.4 is 4.31 Å². The Bertz CT molecular complexity index is 494. The summed E-state index contributed by atoms with van der Waals surface area (Å²) in [5.74, 6) is 0.0722. The highest BCUT2D eigenvalue weighted by Gasteiger charge is 2.25. The van der Waals surface area contributed by atoms with E-state index in [1.54, 1.807) is 32.9 Å². The molecule has 0 amide bonds. The Hall–Kier alpha value is -1.23. The number of anilines is 1. The van der Waals surface area contributed by atoms with Crippen LogP contribution in [-0.4, -0.2) is 25.3 Å². The lowest BCUT2D eigenvalue weighted by molar-refractivity contribution is 0.475. The summed E-state index contributed by atoms with van der Waals surface area (Å²) < 4.78 is 25.7. The number of nitrogens with zero attached hydrogens (tertiary/aromatic N) is 1. The van der Waals surface area contributed by atoms with Gasteiger partial charge in [0, 0.05) is 12.6 Å². The average molecular weight is 257 g/mol. The molecule has 0 atom stereocenters. The van der Waals surface area contributed by atoms with Gasteiger partial charge in [0.05, 0.1) is 10.9 Å². The van der Waals surface area contributed by atoms with Gasteiger partial charge in [-0.25, -0.2) is 8.42 Å². The minimum atomic E-state index is -3.36. The number of phenols is 1. The maximum atomic E-state index is 12.2. The Morgan fingerprint density at radius 3 is 2.41 bits per heavy atom. The van der Waals surface area contributed by atoms with Crippen LogP contribution in [0.5, 0.6) is 5.75 Å². The standard InChI is InChI=1S/C12H19NO3S/c1-5-13(17(15,16)9(2)3)12-8-11(14)7-6-10(12)4/h6-9,14H,5H2,1-4H3. The number of aryl methyl sites for hydroxylation is 1. The van der Waals surface area contributed by atoms with E-state index >= 15 is 0 Å². The zero-order valence-corrected chi connectivity index (χ0v) is 11.5. The number of hydrogen-bond acceptors (Lipinski definition) is 3. The van der Waals surface area contributed by atoms with Gasteiger partial charge in [-0.2, -0.15) is 0 Å². The van der Waals surface area contributed by atoms with Crippen LogP contribution in [0.1, 0.15) is 26.3 Å². The van der Waals surface area contributed by atoms with Crippen molar-refractivity contribution in [1.82, 2.24) is 0 Å². The first kappa shape index (κ1) is 13.8. The van der Waals surface area contributed by atoms with Crippen molar-refractivity contribution in [2.45, 2.75) is 32.9 Å². The van der Waals surface area contributed by atoms with Crippen molar-refractivity contribution < 1.29 is 13.5 Å². The van der Waals surface area contributed by atoms with Gasteiger partial charge in [0.2, 0.25) is 10.0 Å². The van der Waals surface area contributed by atoms with Gasteiger partial charge in [-0.05, 0) is 39.3 Å². The first-order valence-electron chi connectivity index (χ1n) is 5.61. The maximum absolute atomic E-state index is 12.2. The molecule has 0 saturated carbocycles. The lowest BCUT2D eigenvalue weighted by Crippen LogP contribution is -2.36. The minimum absolute atomic E-state index is 0.0722. The van der Waals surface area contributed by atoms with Crippen molar-refractivity contribution in [2.24, 2.45) is 0 Å². The summed E-state index contributed by atoms with van der Waals surface area (Å²) in [5, 5.41) is 8.98. The second kappa shape index (κ2) is 4.96. The highest BCUT2D eigenvalue weighted by molar-refractivity contribution is 7.93. The van der Waals surface area contributed by atoms with E-state index in [1.165, 1.54) is 10.4 Å². The molecule has 0 aliphatic rings. The van der Waals surface area contributed by atoms with E-state index < -0.39 is 15.3 Å². The topological polar surface area (TPSA) is 57.6 Å². The third-order valence-corrected chi connectivity index (χ3v) is 4.91. The van der Waals surface area contributed by atoms with Crippen molar-refractivity contribution in [3.63, 3.8) is 0 Å². The molecule has 17 heavy (non-hydrogen) atoms. The molecule has 4 nitrogen and oxygen atoms in total. The number of rotatable bonds is 4. The van der Waals surface area contributed by atoms with Gasteiger partial charge in [0.1, 0.15) is 5.75 Å². The van der Waals surface area contributed by atoms with Crippen molar-refractivity contribution in [3.05, 3.63) is 23.8 Å². The molecule has 0 radical (unpaired) electrons. The van der Waals surface area contributed by atoms with E-state index in [1.807, 2.05) is 6.92 Å². The summed E-state index contributed by atoms with van der Waals surface area (Å²) in [6.45, 7) is 7.26. The first-order valence-corrected chi connectivity index (χ1v) is 7.12. The molecule has 0 aliphatic heterocycles. The Balaban J connectivity index is 3.33. The fourth-order valence-electron chi connectivity index (χ4n) is 1.61. The molecule has 5 heteroatoms. The molecule has 0 fully saturated rings. The Labute approximate surface area is 103 Å². The summed E-state index contributed by atoms with van der Waals surface area (Å²) in [4.78, 5) is 0. The highest BCUT2D eigenvalue weighted by Crippen LogP contribution is 2.28. The summed E-state index contributed by atoms with van der Waals surface area (Å²) >= 11 is 0. The van der Waals surface area contributed by atoms with Crippen LogP contribution in [0.4, 0.5) is 5.69 Å². The van der Waals surface area contributed by atoms with Gasteiger partial charge in [-0.15, -0.1) is 0 Å². The van der Waals surface area contributed by atoms with E-state index in [0.29, 0.717) is 12.2 Å².